The quantitative estimate of drug-likeness (QED) is 0.221. The van der Waals surface area contributed by atoms with Gasteiger partial charge < -0.3 is 21.6 Å². The first-order valence-corrected chi connectivity index (χ1v) is 6.25. The molecule has 0 atom stereocenters. The Bertz CT molecular complexity index is 480. The number of carbonyl (C=O) groups is 1. The maximum absolute atomic E-state index is 11.6. The molecule has 8 heteroatoms. The molecule has 0 aliphatic carbocycles. The molecule has 1 rings (SSSR count). The average molecular weight is 305 g/mol. The molecule has 19 heavy (non-hydrogen) atoms. The van der Waals surface area contributed by atoms with Crippen molar-refractivity contribution >= 4 is 40.8 Å². The number of hydrogen-bond acceptors (Lipinski definition) is 3. The van der Waals surface area contributed by atoms with Crippen molar-refractivity contribution in [2.24, 2.45) is 10.9 Å². The molecule has 104 valence electrons. The van der Waals surface area contributed by atoms with Crippen LogP contribution in [0.2, 0.25) is 10.0 Å². The summed E-state index contributed by atoms with van der Waals surface area (Å²) in [4.78, 5) is 11.6. The molecule has 0 spiro atoms. The number of rotatable bonds is 5. The normalized spacial score (nSPS) is 11.2. The van der Waals surface area contributed by atoms with E-state index in [4.69, 9.17) is 34.1 Å². The van der Waals surface area contributed by atoms with Crippen LogP contribution >= 0.6 is 23.2 Å². The maximum atomic E-state index is 11.6. The molecule has 2 amide bonds. The lowest BCUT2D eigenvalue weighted by Crippen LogP contribution is -2.30. The first kappa shape index (κ1) is 15.4. The fourth-order valence-corrected chi connectivity index (χ4v) is 1.62. The smallest absolute Gasteiger partial charge is 0.319 e. The lowest BCUT2D eigenvalue weighted by atomic mass is 10.3. The van der Waals surface area contributed by atoms with Gasteiger partial charge in [0.1, 0.15) is 5.84 Å². The van der Waals surface area contributed by atoms with Gasteiger partial charge in [-0.25, -0.2) is 4.79 Å². The van der Waals surface area contributed by atoms with E-state index in [9.17, 15) is 4.79 Å². The van der Waals surface area contributed by atoms with Gasteiger partial charge >= 0.3 is 6.03 Å². The van der Waals surface area contributed by atoms with Gasteiger partial charge in [-0.2, -0.15) is 0 Å². The highest BCUT2D eigenvalue weighted by molar-refractivity contribution is 6.35. The van der Waals surface area contributed by atoms with Crippen molar-refractivity contribution < 1.29 is 10.0 Å². The minimum absolute atomic E-state index is 0.125. The lowest BCUT2D eigenvalue weighted by Gasteiger charge is -2.09. The highest BCUT2D eigenvalue weighted by Gasteiger charge is 2.05. The predicted molar refractivity (Wildman–Crippen MR) is 76.1 cm³/mol. The summed E-state index contributed by atoms with van der Waals surface area (Å²) in [5.41, 5.74) is 5.72. The summed E-state index contributed by atoms with van der Waals surface area (Å²) in [6, 6.07) is 4.38. The third kappa shape index (κ3) is 5.67. The number of halogens is 2. The zero-order valence-corrected chi connectivity index (χ0v) is 11.5. The van der Waals surface area contributed by atoms with Gasteiger partial charge in [0.15, 0.2) is 0 Å². The van der Waals surface area contributed by atoms with Crippen molar-refractivity contribution in [1.29, 1.82) is 0 Å². The Kier molecular flexibility index (Phi) is 6.24. The van der Waals surface area contributed by atoms with Crippen LogP contribution in [0.25, 0.3) is 0 Å². The monoisotopic (exact) mass is 304 g/mol. The van der Waals surface area contributed by atoms with E-state index in [1.165, 1.54) is 0 Å². The molecule has 6 nitrogen and oxygen atoms in total. The number of amides is 2. The molecule has 0 bridgehead atoms. The van der Waals surface area contributed by atoms with Crippen molar-refractivity contribution in [3.05, 3.63) is 28.2 Å². The number of nitrogens with two attached hydrogens (primary N) is 1. The molecule has 0 aliphatic rings. The molecule has 0 saturated heterocycles. The average Bonchev–Trinajstić information content (AvgIpc) is 2.38. The number of benzene rings is 1. The maximum Gasteiger partial charge on any atom is 0.319 e. The van der Waals surface area contributed by atoms with E-state index in [2.05, 4.69) is 15.8 Å². The minimum atomic E-state index is -0.399. The molecule has 1 aromatic carbocycles. The Morgan fingerprint density at radius 2 is 2.16 bits per heavy atom. The van der Waals surface area contributed by atoms with Crippen LogP contribution in [0.5, 0.6) is 0 Å². The number of nitrogens with one attached hydrogen (secondary N) is 2. The van der Waals surface area contributed by atoms with Gasteiger partial charge in [0.25, 0.3) is 0 Å². The second kappa shape index (κ2) is 7.70. The van der Waals surface area contributed by atoms with Crippen molar-refractivity contribution in [3.8, 4) is 0 Å². The molecule has 0 radical (unpaired) electrons. The summed E-state index contributed by atoms with van der Waals surface area (Å²) in [6.07, 6.45) is 0.960. The van der Waals surface area contributed by atoms with Crippen LogP contribution in [0.1, 0.15) is 12.8 Å². The van der Waals surface area contributed by atoms with E-state index >= 15 is 0 Å². The molecule has 1 aromatic rings. The fourth-order valence-electron chi connectivity index (χ4n) is 1.28. The Hall–Kier alpha value is -1.66. The van der Waals surface area contributed by atoms with Gasteiger partial charge in [-0.15, -0.1) is 0 Å². The molecule has 0 unspecified atom stereocenters. The first-order valence-electron chi connectivity index (χ1n) is 5.49. The number of amidine groups is 1. The van der Waals surface area contributed by atoms with Crippen LogP contribution in [0.15, 0.2) is 23.4 Å². The third-order valence-electron chi connectivity index (χ3n) is 2.20. The second-order valence-electron chi connectivity index (χ2n) is 3.70. The molecule has 0 fully saturated rings. The molecule has 0 heterocycles. The van der Waals surface area contributed by atoms with Crippen molar-refractivity contribution in [2.75, 3.05) is 11.9 Å². The van der Waals surface area contributed by atoms with E-state index in [0.717, 1.165) is 0 Å². The van der Waals surface area contributed by atoms with E-state index < -0.39 is 6.03 Å². The highest BCUT2D eigenvalue weighted by Crippen LogP contribution is 2.25. The van der Waals surface area contributed by atoms with Crippen LogP contribution in [0.3, 0.4) is 0 Å². The molecule has 0 aromatic heterocycles. The number of nitrogens with zero attached hydrogens (tertiary/aromatic N) is 1. The van der Waals surface area contributed by atoms with Gasteiger partial charge in [0.05, 0.1) is 10.7 Å². The summed E-state index contributed by atoms with van der Waals surface area (Å²) >= 11 is 11.7. The summed E-state index contributed by atoms with van der Waals surface area (Å²) < 4.78 is 0. The molecular formula is C11H14Cl2N4O2. The predicted octanol–water partition coefficient (Wildman–Crippen LogP) is 2.64. The van der Waals surface area contributed by atoms with Crippen LogP contribution in [-0.2, 0) is 0 Å². The van der Waals surface area contributed by atoms with Gasteiger partial charge in [-0.05, 0) is 24.6 Å². The third-order valence-corrected chi connectivity index (χ3v) is 2.76. The highest BCUT2D eigenvalue weighted by atomic mass is 35.5. The number of anilines is 1. The summed E-state index contributed by atoms with van der Waals surface area (Å²) in [6.45, 7) is 0.389. The first-order chi connectivity index (χ1) is 9.02. The number of hydrogen-bond donors (Lipinski definition) is 4. The van der Waals surface area contributed by atoms with E-state index in [1.54, 1.807) is 18.2 Å². The van der Waals surface area contributed by atoms with Crippen LogP contribution < -0.4 is 16.4 Å². The van der Waals surface area contributed by atoms with Crippen molar-refractivity contribution in [1.82, 2.24) is 5.32 Å². The molecule has 0 saturated carbocycles. The van der Waals surface area contributed by atoms with E-state index in [-0.39, 0.29) is 5.84 Å². The fraction of sp³-hybridized carbons (Fsp3) is 0.273. The SMILES string of the molecule is NC(CCCNC(=O)Nc1cc(Cl)ccc1Cl)=NO. The molecule has 5 N–H and O–H groups in total. The Balaban J connectivity index is 2.37. The topological polar surface area (TPSA) is 99.7 Å². The summed E-state index contributed by atoms with van der Waals surface area (Å²) in [5.74, 6) is 0.125. The van der Waals surface area contributed by atoms with Crippen LogP contribution in [-0.4, -0.2) is 23.6 Å². The lowest BCUT2D eigenvalue weighted by molar-refractivity contribution is 0.252. The van der Waals surface area contributed by atoms with Crippen LogP contribution in [0.4, 0.5) is 10.5 Å². The van der Waals surface area contributed by atoms with E-state index in [1.807, 2.05) is 0 Å². The minimum Gasteiger partial charge on any atom is -0.409 e. The number of oxime groups is 1. The standard InChI is InChI=1S/C11H14Cl2N4O2/c12-7-3-4-8(13)9(6-7)16-11(18)15-5-1-2-10(14)17-19/h3-4,6,19H,1-2,5H2,(H2,14,17)(H2,15,16,18). The van der Waals surface area contributed by atoms with Gasteiger partial charge in [-0.1, -0.05) is 28.4 Å². The van der Waals surface area contributed by atoms with E-state index in [0.29, 0.717) is 35.1 Å². The summed E-state index contributed by atoms with van der Waals surface area (Å²) in [5, 5.41) is 17.2. The van der Waals surface area contributed by atoms with Crippen molar-refractivity contribution in [3.63, 3.8) is 0 Å². The Morgan fingerprint density at radius 3 is 2.84 bits per heavy atom. The van der Waals surface area contributed by atoms with Gasteiger partial charge in [0, 0.05) is 18.0 Å². The second-order valence-corrected chi connectivity index (χ2v) is 4.54. The summed E-state index contributed by atoms with van der Waals surface area (Å²) in [7, 11) is 0. The number of carbonyl (C=O) groups excluding carboxylic acids is 1. The zero-order valence-electron chi connectivity index (χ0n) is 9.99. The van der Waals surface area contributed by atoms with Gasteiger partial charge in [-0.3, -0.25) is 0 Å². The van der Waals surface area contributed by atoms with Crippen molar-refractivity contribution in [2.45, 2.75) is 12.8 Å². The molecule has 0 aliphatic heterocycles. The van der Waals surface area contributed by atoms with Gasteiger partial charge in [0.2, 0.25) is 0 Å². The Morgan fingerprint density at radius 1 is 1.42 bits per heavy atom. The zero-order chi connectivity index (χ0) is 14.3. The Labute approximate surface area is 120 Å². The van der Waals surface area contributed by atoms with Crippen LogP contribution in [0, 0.1) is 0 Å². The number of urea groups is 1. The molecular weight excluding hydrogens is 291 g/mol. The largest absolute Gasteiger partial charge is 0.409 e.